The van der Waals surface area contributed by atoms with Crippen molar-refractivity contribution in [3.63, 3.8) is 0 Å². The molecule has 0 bridgehead atoms. The third-order valence-corrected chi connectivity index (χ3v) is 3.91. The monoisotopic (exact) mass is 347 g/mol. The molecule has 9 nitrogen and oxygen atoms in total. The number of anilines is 1. The number of nitrogens with one attached hydrogen (secondary N) is 3. The number of hydrogen-bond acceptors (Lipinski definition) is 6. The van der Waals surface area contributed by atoms with Gasteiger partial charge in [0.15, 0.2) is 12.0 Å². The molecule has 2 amide bonds. The van der Waals surface area contributed by atoms with E-state index in [1.165, 1.54) is 11.8 Å². The van der Waals surface area contributed by atoms with Gasteiger partial charge in [-0.1, -0.05) is 6.92 Å². The third kappa shape index (κ3) is 3.89. The maximum Gasteiger partial charge on any atom is 0.251 e. The summed E-state index contributed by atoms with van der Waals surface area (Å²) in [5, 5.41) is 13.4. The first kappa shape index (κ1) is 17.2. The molecule has 0 spiro atoms. The van der Waals surface area contributed by atoms with Crippen LogP contribution in [-0.4, -0.2) is 41.4 Å². The van der Waals surface area contributed by atoms with Gasteiger partial charge in [0.2, 0.25) is 5.91 Å². The van der Waals surface area contributed by atoms with Crippen LogP contribution >= 0.6 is 0 Å². The molecule has 1 aliphatic heterocycles. The van der Waals surface area contributed by atoms with Gasteiger partial charge in [-0.25, -0.2) is 4.68 Å². The molecule has 2 unspecified atom stereocenters. The molecule has 0 aromatic carbocycles. The van der Waals surface area contributed by atoms with E-state index in [1.807, 2.05) is 6.92 Å². The maximum absolute atomic E-state index is 12.0. The first-order chi connectivity index (χ1) is 12.1. The molecule has 9 heteroatoms. The number of carbonyl (C=O) groups is 2. The second kappa shape index (κ2) is 7.49. The Balaban J connectivity index is 1.92. The number of rotatable bonds is 6. The minimum atomic E-state index is -0.562. The van der Waals surface area contributed by atoms with Gasteiger partial charge in [-0.05, 0) is 18.6 Å². The molecule has 2 atom stereocenters. The Morgan fingerprint density at radius 1 is 1.56 bits per heavy atom. The van der Waals surface area contributed by atoms with Gasteiger partial charge in [-0.15, -0.1) is 0 Å². The fourth-order valence-electron chi connectivity index (χ4n) is 2.69. The smallest absolute Gasteiger partial charge is 0.251 e. The molecule has 3 heterocycles. The van der Waals surface area contributed by atoms with Gasteiger partial charge in [0.25, 0.3) is 5.91 Å². The summed E-state index contributed by atoms with van der Waals surface area (Å²) in [6.07, 6.45) is 2.20. The van der Waals surface area contributed by atoms with Crippen molar-refractivity contribution in [3.05, 3.63) is 24.5 Å². The Morgan fingerprint density at radius 2 is 2.40 bits per heavy atom. The van der Waals surface area contributed by atoms with Crippen LogP contribution in [0.25, 0.3) is 11.5 Å². The maximum atomic E-state index is 12.0. The average molecular weight is 347 g/mol. The SMILES string of the molecule is CCC1CC(=O)NC(n2nc(-c3ccco3)cc2NC(=O)COC)N1. The number of furan rings is 1. The van der Waals surface area contributed by atoms with Gasteiger partial charge in [0.1, 0.15) is 18.1 Å². The lowest BCUT2D eigenvalue weighted by atomic mass is 10.1. The summed E-state index contributed by atoms with van der Waals surface area (Å²) in [5.74, 6) is 0.613. The molecule has 0 aliphatic carbocycles. The van der Waals surface area contributed by atoms with Gasteiger partial charge in [0, 0.05) is 25.6 Å². The van der Waals surface area contributed by atoms with Crippen molar-refractivity contribution in [3.8, 4) is 11.5 Å². The van der Waals surface area contributed by atoms with E-state index < -0.39 is 6.29 Å². The normalized spacial score (nSPS) is 20.3. The number of carbonyl (C=O) groups excluding carboxylic acids is 2. The molecule has 1 aliphatic rings. The summed E-state index contributed by atoms with van der Waals surface area (Å²) in [5.41, 5.74) is 0.549. The molecule has 3 rings (SSSR count). The Kier molecular flexibility index (Phi) is 5.15. The second-order valence-electron chi connectivity index (χ2n) is 5.76. The molecular weight excluding hydrogens is 326 g/mol. The van der Waals surface area contributed by atoms with E-state index in [2.05, 4.69) is 21.0 Å². The minimum absolute atomic E-state index is 0.0394. The molecule has 2 aromatic heterocycles. The highest BCUT2D eigenvalue weighted by atomic mass is 16.5. The standard InChI is InChI=1S/C16H21N5O4/c1-3-10-7-14(22)19-16(17-10)21-13(18-15(23)9-24-2)8-11(20-21)12-5-4-6-25-12/h4-6,8,10,16-17H,3,7,9H2,1-2H3,(H,18,23)(H,19,22). The van der Waals surface area contributed by atoms with Crippen molar-refractivity contribution in [2.75, 3.05) is 19.0 Å². The fraction of sp³-hybridized carbons (Fsp3) is 0.438. The Hall–Kier alpha value is -2.65. The van der Waals surface area contributed by atoms with Crippen LogP contribution in [0.2, 0.25) is 0 Å². The van der Waals surface area contributed by atoms with Gasteiger partial charge in [-0.2, -0.15) is 5.10 Å². The van der Waals surface area contributed by atoms with Crippen LogP contribution in [0, 0.1) is 0 Å². The molecule has 3 N–H and O–H groups in total. The number of hydrogen-bond donors (Lipinski definition) is 3. The molecule has 1 saturated heterocycles. The van der Waals surface area contributed by atoms with Crippen LogP contribution in [-0.2, 0) is 14.3 Å². The molecular formula is C16H21N5O4. The number of amides is 2. The van der Waals surface area contributed by atoms with E-state index in [-0.39, 0.29) is 24.5 Å². The predicted octanol–water partition coefficient (Wildman–Crippen LogP) is 1.07. The number of nitrogens with zero attached hydrogens (tertiary/aromatic N) is 2. The van der Waals surface area contributed by atoms with Crippen molar-refractivity contribution < 1.29 is 18.7 Å². The highest BCUT2D eigenvalue weighted by Crippen LogP contribution is 2.25. The first-order valence-corrected chi connectivity index (χ1v) is 8.08. The third-order valence-electron chi connectivity index (χ3n) is 3.91. The van der Waals surface area contributed by atoms with Crippen LogP contribution in [0.5, 0.6) is 0 Å². The van der Waals surface area contributed by atoms with E-state index in [0.717, 1.165) is 6.42 Å². The van der Waals surface area contributed by atoms with Crippen molar-refractivity contribution in [2.45, 2.75) is 32.1 Å². The highest BCUT2D eigenvalue weighted by Gasteiger charge is 2.28. The first-order valence-electron chi connectivity index (χ1n) is 8.08. The van der Waals surface area contributed by atoms with Crippen LogP contribution < -0.4 is 16.0 Å². The largest absolute Gasteiger partial charge is 0.463 e. The van der Waals surface area contributed by atoms with Crippen LogP contribution in [0.1, 0.15) is 26.1 Å². The summed E-state index contributed by atoms with van der Waals surface area (Å²) in [7, 11) is 1.44. The summed E-state index contributed by atoms with van der Waals surface area (Å²) in [6, 6.07) is 5.26. The number of aromatic nitrogens is 2. The van der Waals surface area contributed by atoms with E-state index in [1.54, 1.807) is 24.5 Å². The topological polar surface area (TPSA) is 110 Å². The second-order valence-corrected chi connectivity index (χ2v) is 5.76. The average Bonchev–Trinajstić information content (AvgIpc) is 3.23. The minimum Gasteiger partial charge on any atom is -0.463 e. The van der Waals surface area contributed by atoms with Crippen molar-refractivity contribution in [2.24, 2.45) is 0 Å². The molecule has 0 radical (unpaired) electrons. The summed E-state index contributed by atoms with van der Waals surface area (Å²) < 4.78 is 11.7. The van der Waals surface area contributed by atoms with Crippen molar-refractivity contribution in [1.82, 2.24) is 20.4 Å². The molecule has 2 aromatic rings. The Bertz CT molecular complexity index is 740. The lowest BCUT2D eigenvalue weighted by Crippen LogP contribution is -2.53. The van der Waals surface area contributed by atoms with Gasteiger partial charge in [0.05, 0.1) is 6.26 Å². The number of methoxy groups -OCH3 is 1. The molecule has 25 heavy (non-hydrogen) atoms. The predicted molar refractivity (Wildman–Crippen MR) is 89.4 cm³/mol. The highest BCUT2D eigenvalue weighted by molar-refractivity contribution is 5.91. The van der Waals surface area contributed by atoms with Crippen molar-refractivity contribution >= 4 is 17.6 Å². The van der Waals surface area contributed by atoms with Crippen LogP contribution in [0.3, 0.4) is 0 Å². The van der Waals surface area contributed by atoms with E-state index in [0.29, 0.717) is 23.7 Å². The van der Waals surface area contributed by atoms with Gasteiger partial charge < -0.3 is 19.8 Å². The number of ether oxygens (including phenoxy) is 1. The lowest BCUT2D eigenvalue weighted by Gasteiger charge is -2.31. The van der Waals surface area contributed by atoms with E-state index in [9.17, 15) is 9.59 Å². The van der Waals surface area contributed by atoms with Gasteiger partial charge in [-0.3, -0.25) is 14.9 Å². The zero-order valence-electron chi connectivity index (χ0n) is 14.1. The van der Waals surface area contributed by atoms with Gasteiger partial charge >= 0.3 is 0 Å². The van der Waals surface area contributed by atoms with Crippen molar-refractivity contribution in [1.29, 1.82) is 0 Å². The Labute approximate surface area is 144 Å². The zero-order chi connectivity index (χ0) is 17.8. The Morgan fingerprint density at radius 3 is 3.08 bits per heavy atom. The van der Waals surface area contributed by atoms with Crippen LogP contribution in [0.4, 0.5) is 5.82 Å². The van der Waals surface area contributed by atoms with E-state index in [4.69, 9.17) is 9.15 Å². The van der Waals surface area contributed by atoms with Crippen LogP contribution in [0.15, 0.2) is 28.9 Å². The lowest BCUT2D eigenvalue weighted by molar-refractivity contribution is -0.125. The molecule has 0 saturated carbocycles. The summed E-state index contributed by atoms with van der Waals surface area (Å²) >= 11 is 0. The summed E-state index contributed by atoms with van der Waals surface area (Å²) in [4.78, 5) is 23.9. The molecule has 1 fully saturated rings. The van der Waals surface area contributed by atoms with E-state index >= 15 is 0 Å². The fourth-order valence-corrected chi connectivity index (χ4v) is 2.69. The quantitative estimate of drug-likeness (QED) is 0.721. The molecule has 134 valence electrons. The zero-order valence-corrected chi connectivity index (χ0v) is 14.1. The summed E-state index contributed by atoms with van der Waals surface area (Å²) in [6.45, 7) is 1.93.